The van der Waals surface area contributed by atoms with Crippen molar-refractivity contribution in [3.63, 3.8) is 0 Å². The molecule has 1 saturated heterocycles. The van der Waals surface area contributed by atoms with Crippen LogP contribution in [0.2, 0.25) is 0 Å². The Hall–Kier alpha value is -3.79. The van der Waals surface area contributed by atoms with Crippen molar-refractivity contribution in [1.82, 2.24) is 15.2 Å². The zero-order valence-electron chi connectivity index (χ0n) is 24.6. The lowest BCUT2D eigenvalue weighted by atomic mass is 9.83. The Morgan fingerprint density at radius 2 is 1.98 bits per heavy atom. The fraction of sp³-hybridized carbons (Fsp3) is 0.424. The van der Waals surface area contributed by atoms with Gasteiger partial charge >= 0.3 is 0 Å². The van der Waals surface area contributed by atoms with Crippen LogP contribution >= 0.6 is 0 Å². The van der Waals surface area contributed by atoms with Crippen LogP contribution in [0.15, 0.2) is 83.6 Å². The molecule has 2 amide bonds. The molecule has 3 aromatic rings. The Kier molecular flexibility index (Phi) is 10.7. The Labute approximate surface area is 247 Å². The van der Waals surface area contributed by atoms with Crippen LogP contribution in [-0.4, -0.2) is 64.2 Å². The quantitative estimate of drug-likeness (QED) is 0.264. The molecular weight excluding hydrogens is 532 g/mol. The monoisotopic (exact) mass is 574 g/mol. The van der Waals surface area contributed by atoms with Gasteiger partial charge in [0.15, 0.2) is 0 Å². The number of hydrogen-bond donors (Lipinski definition) is 3. The van der Waals surface area contributed by atoms with Crippen LogP contribution in [-0.2, 0) is 27.4 Å². The molecule has 9 heteroatoms. The molecule has 2 heterocycles. The van der Waals surface area contributed by atoms with E-state index in [4.69, 9.17) is 14.9 Å². The summed E-state index contributed by atoms with van der Waals surface area (Å²) in [7, 11) is 0. The van der Waals surface area contributed by atoms with Crippen molar-refractivity contribution < 1.29 is 23.8 Å². The highest BCUT2D eigenvalue weighted by molar-refractivity contribution is 5.90. The van der Waals surface area contributed by atoms with Gasteiger partial charge in [-0.3, -0.25) is 9.59 Å². The van der Waals surface area contributed by atoms with Gasteiger partial charge in [-0.2, -0.15) is 0 Å². The highest BCUT2D eigenvalue weighted by atomic mass is 16.5. The van der Waals surface area contributed by atoms with E-state index in [-0.39, 0.29) is 18.6 Å². The molecule has 4 rings (SSSR count). The molecule has 1 aliphatic rings. The van der Waals surface area contributed by atoms with Crippen molar-refractivity contribution in [1.29, 1.82) is 0 Å². The average Bonchev–Trinajstić information content (AvgIpc) is 3.71. The molecule has 5 atom stereocenters. The van der Waals surface area contributed by atoms with Crippen LogP contribution in [0.4, 0.5) is 0 Å². The third-order valence-corrected chi connectivity index (χ3v) is 7.68. The fourth-order valence-electron chi connectivity index (χ4n) is 5.17. The van der Waals surface area contributed by atoms with E-state index in [2.05, 4.69) is 10.3 Å². The van der Waals surface area contributed by atoms with Gasteiger partial charge in [0, 0.05) is 17.5 Å². The van der Waals surface area contributed by atoms with E-state index in [0.29, 0.717) is 25.5 Å². The summed E-state index contributed by atoms with van der Waals surface area (Å²) in [5.74, 6) is -0.0680. The van der Waals surface area contributed by atoms with E-state index in [9.17, 15) is 14.7 Å². The van der Waals surface area contributed by atoms with Gasteiger partial charge in [0.2, 0.25) is 17.7 Å². The minimum absolute atomic E-state index is 0.0647. The molecule has 2 aromatic carbocycles. The number of aliphatic hydroxyl groups is 1. The van der Waals surface area contributed by atoms with Crippen molar-refractivity contribution in [3.8, 4) is 11.5 Å². The molecule has 224 valence electrons. The lowest BCUT2D eigenvalue weighted by molar-refractivity contribution is -0.141. The number of likely N-dealkylation sites (tertiary alicyclic amines) is 1. The lowest BCUT2D eigenvalue weighted by Crippen LogP contribution is -2.57. The number of nitrogens with zero attached hydrogens (tertiary/aromatic N) is 2. The first kappa shape index (κ1) is 31.2. The van der Waals surface area contributed by atoms with E-state index in [0.717, 1.165) is 29.5 Å². The Morgan fingerprint density at radius 1 is 1.21 bits per heavy atom. The summed E-state index contributed by atoms with van der Waals surface area (Å²) in [6.07, 6.45) is 8.81. The number of oxazole rings is 1. The number of amides is 2. The van der Waals surface area contributed by atoms with Gasteiger partial charge in [-0.25, -0.2) is 4.98 Å². The molecule has 1 aromatic heterocycles. The van der Waals surface area contributed by atoms with Gasteiger partial charge in [-0.05, 0) is 56.4 Å². The van der Waals surface area contributed by atoms with Gasteiger partial charge < -0.3 is 30.2 Å². The highest BCUT2D eigenvalue weighted by Crippen LogP contribution is 2.29. The van der Waals surface area contributed by atoms with E-state index in [1.54, 1.807) is 31.2 Å². The molecule has 9 nitrogen and oxygen atoms in total. The summed E-state index contributed by atoms with van der Waals surface area (Å²) < 4.78 is 11.5. The highest BCUT2D eigenvalue weighted by Gasteiger charge is 2.37. The fourth-order valence-corrected chi connectivity index (χ4v) is 5.17. The normalized spacial score (nSPS) is 18.9. The second-order valence-corrected chi connectivity index (χ2v) is 11.4. The summed E-state index contributed by atoms with van der Waals surface area (Å²) in [6.45, 7) is 6.19. The second-order valence-electron chi connectivity index (χ2n) is 11.4. The Bertz CT molecular complexity index is 1330. The number of benzene rings is 2. The average molecular weight is 575 g/mol. The predicted octanol–water partition coefficient (Wildman–Crippen LogP) is 3.87. The summed E-state index contributed by atoms with van der Waals surface area (Å²) in [5.41, 5.74) is 8.15. The first-order valence-electron chi connectivity index (χ1n) is 14.5. The van der Waals surface area contributed by atoms with Crippen LogP contribution in [0, 0.1) is 5.41 Å². The number of aliphatic hydroxyl groups excluding tert-OH is 1. The van der Waals surface area contributed by atoms with Crippen LogP contribution in [0.1, 0.15) is 44.7 Å². The molecule has 4 N–H and O–H groups in total. The minimum atomic E-state index is -0.886. The lowest BCUT2D eigenvalue weighted by Gasteiger charge is -2.32. The number of rotatable bonds is 13. The van der Waals surface area contributed by atoms with E-state index in [1.807, 2.05) is 73.7 Å². The number of nitrogens with two attached hydrogens (primary N) is 1. The zero-order valence-corrected chi connectivity index (χ0v) is 24.6. The Balaban J connectivity index is 1.47. The molecular formula is C33H42N4O5. The van der Waals surface area contributed by atoms with E-state index in [1.165, 1.54) is 0 Å². The van der Waals surface area contributed by atoms with Crippen LogP contribution < -0.4 is 11.1 Å². The Morgan fingerprint density at radius 3 is 2.67 bits per heavy atom. The maximum Gasteiger partial charge on any atom is 0.248 e. The predicted molar refractivity (Wildman–Crippen MR) is 161 cm³/mol. The number of ether oxygens (including phenoxy) is 1. The van der Waals surface area contributed by atoms with Crippen molar-refractivity contribution in [3.05, 3.63) is 90.3 Å². The molecule has 42 heavy (non-hydrogen) atoms. The molecule has 0 bridgehead atoms. The first-order valence-corrected chi connectivity index (χ1v) is 14.5. The third-order valence-electron chi connectivity index (χ3n) is 7.68. The first-order chi connectivity index (χ1) is 20.2. The molecule has 4 unspecified atom stereocenters. The molecule has 0 radical (unpaired) electrons. The molecule has 1 fully saturated rings. The zero-order chi connectivity index (χ0) is 30.1. The molecule has 0 aliphatic carbocycles. The number of nitrogens with one attached hydrogen (secondary N) is 1. The smallest absolute Gasteiger partial charge is 0.248 e. The molecule has 0 spiro atoms. The minimum Gasteiger partial charge on any atom is -0.445 e. The van der Waals surface area contributed by atoms with Crippen LogP contribution in [0.25, 0.3) is 11.5 Å². The number of hydrogen-bond acceptors (Lipinski definition) is 7. The van der Waals surface area contributed by atoms with Gasteiger partial charge in [-0.1, -0.05) is 61.5 Å². The van der Waals surface area contributed by atoms with Crippen molar-refractivity contribution in [2.24, 2.45) is 11.1 Å². The SMILES string of the molecule is CC(N)C(=O)NC(C(=O)N1CCCC1/C=C/[C@](C)(CO)Cc1cccc(-c2ncco2)c1)C(C)OCc1ccccc1. The largest absolute Gasteiger partial charge is 0.445 e. The van der Waals surface area contributed by atoms with E-state index >= 15 is 0 Å². The summed E-state index contributed by atoms with van der Waals surface area (Å²) >= 11 is 0. The summed E-state index contributed by atoms with van der Waals surface area (Å²) in [5, 5.41) is 13.2. The number of aromatic nitrogens is 1. The van der Waals surface area contributed by atoms with Gasteiger partial charge in [-0.15, -0.1) is 0 Å². The van der Waals surface area contributed by atoms with Crippen LogP contribution in [0.5, 0.6) is 0 Å². The topological polar surface area (TPSA) is 131 Å². The molecule has 1 aliphatic heterocycles. The van der Waals surface area contributed by atoms with Crippen molar-refractivity contribution >= 4 is 11.8 Å². The standard InChI is InChI=1S/C33H42N4O5/c1-23(34)30(39)36-29(24(2)42-21-25-9-5-4-6-10-25)32(40)37-17-8-13-28(37)14-15-33(3,22-38)20-26-11-7-12-27(19-26)31-35-16-18-41-31/h4-7,9-12,14-16,18-19,23-24,28-29,38H,8,13,17,20-22,34H2,1-3H3,(H,36,39)/b15-14+/t23?,24?,28?,29?,33-/m0/s1. The van der Waals surface area contributed by atoms with Gasteiger partial charge in [0.1, 0.15) is 12.3 Å². The molecule has 0 saturated carbocycles. The van der Waals surface area contributed by atoms with Crippen LogP contribution in [0.3, 0.4) is 0 Å². The second kappa shape index (κ2) is 14.4. The van der Waals surface area contributed by atoms with Gasteiger partial charge in [0.25, 0.3) is 0 Å². The number of carbonyl (C=O) groups excluding carboxylic acids is 2. The van der Waals surface area contributed by atoms with Crippen molar-refractivity contribution in [2.45, 2.75) is 70.9 Å². The maximum absolute atomic E-state index is 13.9. The van der Waals surface area contributed by atoms with Gasteiger partial charge in [0.05, 0.1) is 37.6 Å². The number of carbonyl (C=O) groups is 2. The third kappa shape index (κ3) is 8.15. The summed E-state index contributed by atoms with van der Waals surface area (Å²) in [4.78, 5) is 32.5. The summed E-state index contributed by atoms with van der Waals surface area (Å²) in [6, 6.07) is 15.8. The van der Waals surface area contributed by atoms with Crippen molar-refractivity contribution in [2.75, 3.05) is 13.2 Å². The maximum atomic E-state index is 13.9. The van der Waals surface area contributed by atoms with E-state index < -0.39 is 29.5 Å².